The van der Waals surface area contributed by atoms with Gasteiger partial charge in [-0.3, -0.25) is 19.0 Å². The largest absolute Gasteiger partial charge is 0.355 e. The molecule has 0 atom stereocenters. The van der Waals surface area contributed by atoms with Crippen LogP contribution in [0, 0.1) is 0 Å². The maximum Gasteiger partial charge on any atom is 0.355 e. The molecule has 2 aliphatic rings. The van der Waals surface area contributed by atoms with Gasteiger partial charge in [-0.15, -0.1) is 0 Å². The van der Waals surface area contributed by atoms with Crippen LogP contribution in [0.4, 0.5) is 11.4 Å². The van der Waals surface area contributed by atoms with E-state index in [0.29, 0.717) is 0 Å². The summed E-state index contributed by atoms with van der Waals surface area (Å²) in [5, 5.41) is 3.62. The molecule has 1 aromatic carbocycles. The van der Waals surface area contributed by atoms with Crippen LogP contribution in [0.5, 0.6) is 0 Å². The first-order chi connectivity index (χ1) is 11.0. The Morgan fingerprint density at radius 2 is 1.65 bits per heavy atom. The fourth-order valence-electron chi connectivity index (χ4n) is 3.40. The minimum Gasteiger partial charge on any atom is -0.264 e. The first-order valence-electron chi connectivity index (χ1n) is 8.17. The molecule has 2 heterocycles. The van der Waals surface area contributed by atoms with Crippen LogP contribution in [0.2, 0.25) is 0 Å². The zero-order valence-electron chi connectivity index (χ0n) is 14.9. The lowest BCUT2D eigenvalue weighted by molar-refractivity contribution is -0.487. The Bertz CT molecular complexity index is 663. The highest BCUT2D eigenvalue weighted by atomic mass is 15.4. The van der Waals surface area contributed by atoms with Crippen molar-refractivity contribution in [1.82, 2.24) is 9.80 Å². The van der Waals surface area contributed by atoms with E-state index in [1.807, 2.05) is 0 Å². The van der Waals surface area contributed by atoms with Gasteiger partial charge >= 0.3 is 11.9 Å². The van der Waals surface area contributed by atoms with E-state index in [2.05, 4.69) is 88.7 Å². The number of guanidine groups is 2. The molecule has 1 aromatic rings. The number of rotatable bonds is 2. The molecule has 124 valence electrons. The van der Waals surface area contributed by atoms with Gasteiger partial charge in [0, 0.05) is 0 Å². The Kier molecular flexibility index (Phi) is 4.15. The van der Waals surface area contributed by atoms with E-state index in [1.54, 1.807) is 0 Å². The van der Waals surface area contributed by atoms with Gasteiger partial charge in [-0.25, -0.2) is 10.2 Å². The average Bonchev–Trinajstić information content (AvgIpc) is 3.03. The normalized spacial score (nSPS) is 18.3. The summed E-state index contributed by atoms with van der Waals surface area (Å²) in [6.45, 7) is 4.24. The molecule has 0 bridgehead atoms. The van der Waals surface area contributed by atoms with Crippen molar-refractivity contribution >= 4 is 23.3 Å². The molecular formula is C17H28N6+2. The van der Waals surface area contributed by atoms with Gasteiger partial charge in [-0.1, -0.05) is 12.1 Å². The van der Waals surface area contributed by atoms with Crippen molar-refractivity contribution in [2.75, 3.05) is 71.6 Å². The number of para-hydroxylation sites is 2. The number of likely N-dealkylation sites (N-methyl/N-ethyl adjacent to an activating group) is 4. The third-order valence-electron chi connectivity index (χ3n) is 4.76. The van der Waals surface area contributed by atoms with Gasteiger partial charge in [0.2, 0.25) is 0 Å². The molecule has 6 heteroatoms. The third kappa shape index (κ3) is 2.85. The van der Waals surface area contributed by atoms with E-state index in [0.717, 1.165) is 37.8 Å². The second-order valence-electron chi connectivity index (χ2n) is 6.51. The van der Waals surface area contributed by atoms with E-state index in [-0.39, 0.29) is 0 Å². The predicted molar refractivity (Wildman–Crippen MR) is 95.8 cm³/mol. The minimum atomic E-state index is 1.06. The topological polar surface area (TPSA) is 27.8 Å². The molecule has 0 radical (unpaired) electrons. The Labute approximate surface area is 138 Å². The molecule has 0 saturated carbocycles. The van der Waals surface area contributed by atoms with Gasteiger partial charge in [0.25, 0.3) is 0 Å². The van der Waals surface area contributed by atoms with Gasteiger partial charge in [0.15, 0.2) is 0 Å². The number of nitrogens with zero attached hydrogens (tertiary/aromatic N) is 5. The van der Waals surface area contributed by atoms with Crippen molar-refractivity contribution in [3.8, 4) is 0 Å². The number of hydrogen-bond donors (Lipinski definition) is 1. The van der Waals surface area contributed by atoms with E-state index in [9.17, 15) is 0 Å². The second-order valence-corrected chi connectivity index (χ2v) is 6.51. The maximum atomic E-state index is 3.62. The summed E-state index contributed by atoms with van der Waals surface area (Å²) in [6, 6.07) is 8.50. The minimum absolute atomic E-state index is 1.06. The molecule has 23 heavy (non-hydrogen) atoms. The first-order valence-corrected chi connectivity index (χ1v) is 8.17. The van der Waals surface area contributed by atoms with Gasteiger partial charge in [0.1, 0.15) is 11.4 Å². The molecular weight excluding hydrogens is 288 g/mol. The van der Waals surface area contributed by atoms with Crippen LogP contribution in [0.1, 0.15) is 0 Å². The molecule has 1 N–H and O–H groups in total. The van der Waals surface area contributed by atoms with Crippen LogP contribution >= 0.6 is 0 Å². The smallest absolute Gasteiger partial charge is 0.264 e. The summed E-state index contributed by atoms with van der Waals surface area (Å²) < 4.78 is 4.56. The van der Waals surface area contributed by atoms with Gasteiger partial charge in [-0.2, -0.15) is 0 Å². The lowest BCUT2D eigenvalue weighted by Crippen LogP contribution is -2.41. The summed E-state index contributed by atoms with van der Waals surface area (Å²) in [6.07, 6.45) is 0. The molecule has 0 spiro atoms. The van der Waals surface area contributed by atoms with E-state index >= 15 is 0 Å². The first kappa shape index (κ1) is 15.6. The van der Waals surface area contributed by atoms with E-state index in [4.69, 9.17) is 0 Å². The van der Waals surface area contributed by atoms with Crippen LogP contribution in [0.15, 0.2) is 24.3 Å². The van der Waals surface area contributed by atoms with Gasteiger partial charge in [0.05, 0.1) is 61.4 Å². The zero-order valence-corrected chi connectivity index (χ0v) is 14.9. The highest BCUT2D eigenvalue weighted by molar-refractivity contribution is 6.00. The van der Waals surface area contributed by atoms with Crippen LogP contribution in [-0.4, -0.2) is 92.3 Å². The average molecular weight is 316 g/mol. The SMILES string of the molecule is CN1CC[N+](C)=C1Nc1ccccc1N(C)C1=[N+](C)CCN1C. The summed E-state index contributed by atoms with van der Waals surface area (Å²) >= 11 is 0. The summed E-state index contributed by atoms with van der Waals surface area (Å²) in [5.74, 6) is 2.39. The molecule has 0 aliphatic carbocycles. The third-order valence-corrected chi connectivity index (χ3v) is 4.76. The van der Waals surface area contributed by atoms with Crippen LogP contribution in [-0.2, 0) is 0 Å². The number of hydrogen-bond acceptors (Lipinski definition) is 4. The Balaban J connectivity index is 1.93. The Hall–Kier alpha value is -2.24. The van der Waals surface area contributed by atoms with Crippen LogP contribution < -0.4 is 10.2 Å². The summed E-state index contributed by atoms with van der Waals surface area (Å²) in [7, 11) is 10.7. The maximum absolute atomic E-state index is 3.62. The standard InChI is InChI=1S/C17H27N6/c1-19-10-11-20(2)16(19)18-14-8-6-7-9-15(14)23(5)17-21(3)12-13-22(17)4/h6-9H,10-13H2,1-5H3/q+1/p+1. The molecule has 0 unspecified atom stereocenters. The van der Waals surface area contributed by atoms with Crippen molar-refractivity contribution in [1.29, 1.82) is 0 Å². The Morgan fingerprint density at radius 3 is 2.26 bits per heavy atom. The highest BCUT2D eigenvalue weighted by Gasteiger charge is 2.32. The quantitative estimate of drug-likeness (QED) is 0.801. The number of anilines is 2. The number of nitrogens with one attached hydrogen (secondary N) is 1. The summed E-state index contributed by atoms with van der Waals surface area (Å²) in [5.41, 5.74) is 2.32. The molecule has 2 aliphatic heterocycles. The number of benzene rings is 1. The van der Waals surface area contributed by atoms with Crippen molar-refractivity contribution in [3.05, 3.63) is 24.3 Å². The fourth-order valence-corrected chi connectivity index (χ4v) is 3.40. The van der Waals surface area contributed by atoms with Crippen molar-refractivity contribution in [2.24, 2.45) is 0 Å². The monoisotopic (exact) mass is 316 g/mol. The van der Waals surface area contributed by atoms with Gasteiger partial charge in [-0.05, 0) is 12.1 Å². The van der Waals surface area contributed by atoms with Crippen molar-refractivity contribution in [3.63, 3.8) is 0 Å². The van der Waals surface area contributed by atoms with Crippen molar-refractivity contribution < 1.29 is 9.15 Å². The molecule has 0 fully saturated rings. The molecule has 0 amide bonds. The molecule has 0 saturated heterocycles. The lowest BCUT2D eigenvalue weighted by atomic mass is 10.2. The lowest BCUT2D eigenvalue weighted by Gasteiger charge is -2.20. The van der Waals surface area contributed by atoms with Crippen LogP contribution in [0.25, 0.3) is 0 Å². The predicted octanol–water partition coefficient (Wildman–Crippen LogP) is 0.422. The molecule has 3 rings (SSSR count). The molecule has 0 aromatic heterocycles. The van der Waals surface area contributed by atoms with Gasteiger partial charge < -0.3 is 0 Å². The zero-order chi connectivity index (χ0) is 16.6. The second kappa shape index (κ2) is 6.10. The fraction of sp³-hybridized carbons (Fsp3) is 0.529. The van der Waals surface area contributed by atoms with Crippen LogP contribution in [0.3, 0.4) is 0 Å². The molecule has 6 nitrogen and oxygen atoms in total. The highest BCUT2D eigenvalue weighted by Crippen LogP contribution is 2.26. The summed E-state index contributed by atoms with van der Waals surface area (Å²) in [4.78, 5) is 6.83. The van der Waals surface area contributed by atoms with E-state index < -0.39 is 0 Å². The van der Waals surface area contributed by atoms with E-state index in [1.165, 1.54) is 11.6 Å². The van der Waals surface area contributed by atoms with Crippen molar-refractivity contribution in [2.45, 2.75) is 0 Å². The Morgan fingerprint density at radius 1 is 1.00 bits per heavy atom.